The van der Waals surface area contributed by atoms with Crippen molar-refractivity contribution in [3.8, 4) is 5.75 Å². The standard InChI is InChI=1S/C12H18BrNO/c1-3-9(2)15-11-4-5-12(13)10(8-11)6-7-14/h4-5,8-9H,3,6-7,14H2,1-2H3. The highest BCUT2D eigenvalue weighted by atomic mass is 79.9. The maximum Gasteiger partial charge on any atom is 0.120 e. The van der Waals surface area contributed by atoms with Crippen LogP contribution in [0.3, 0.4) is 0 Å². The van der Waals surface area contributed by atoms with Crippen LogP contribution in [-0.2, 0) is 6.42 Å². The average Bonchev–Trinajstić information content (AvgIpc) is 2.23. The summed E-state index contributed by atoms with van der Waals surface area (Å²) < 4.78 is 6.85. The zero-order valence-electron chi connectivity index (χ0n) is 9.29. The predicted molar refractivity (Wildman–Crippen MR) is 67.3 cm³/mol. The summed E-state index contributed by atoms with van der Waals surface area (Å²) in [7, 11) is 0. The van der Waals surface area contributed by atoms with E-state index >= 15 is 0 Å². The third-order valence-corrected chi connectivity index (χ3v) is 3.12. The van der Waals surface area contributed by atoms with E-state index < -0.39 is 0 Å². The summed E-state index contributed by atoms with van der Waals surface area (Å²) in [6, 6.07) is 6.06. The number of nitrogens with two attached hydrogens (primary N) is 1. The van der Waals surface area contributed by atoms with E-state index in [1.165, 1.54) is 5.56 Å². The molecular formula is C12H18BrNO. The topological polar surface area (TPSA) is 35.2 Å². The minimum absolute atomic E-state index is 0.261. The average molecular weight is 272 g/mol. The third kappa shape index (κ3) is 3.84. The Labute approximate surface area is 99.9 Å². The second-order valence-electron chi connectivity index (χ2n) is 3.63. The molecule has 0 fully saturated rings. The molecule has 0 heterocycles. The quantitative estimate of drug-likeness (QED) is 0.893. The number of halogens is 1. The maximum atomic E-state index is 5.74. The van der Waals surface area contributed by atoms with Crippen molar-refractivity contribution in [1.29, 1.82) is 0 Å². The Morgan fingerprint density at radius 3 is 2.80 bits per heavy atom. The third-order valence-electron chi connectivity index (χ3n) is 2.34. The molecule has 84 valence electrons. The normalized spacial score (nSPS) is 12.5. The van der Waals surface area contributed by atoms with Gasteiger partial charge >= 0.3 is 0 Å². The number of ether oxygens (including phenoxy) is 1. The lowest BCUT2D eigenvalue weighted by atomic mass is 10.1. The molecule has 1 atom stereocenters. The van der Waals surface area contributed by atoms with Gasteiger partial charge in [-0.25, -0.2) is 0 Å². The fourth-order valence-electron chi connectivity index (χ4n) is 1.29. The summed E-state index contributed by atoms with van der Waals surface area (Å²) in [5.41, 5.74) is 6.75. The highest BCUT2D eigenvalue weighted by Crippen LogP contribution is 2.23. The minimum atomic E-state index is 0.261. The zero-order valence-corrected chi connectivity index (χ0v) is 10.9. The van der Waals surface area contributed by atoms with Crippen LogP contribution in [0.15, 0.2) is 22.7 Å². The van der Waals surface area contributed by atoms with Crippen molar-refractivity contribution in [3.63, 3.8) is 0 Å². The van der Waals surface area contributed by atoms with Gasteiger partial charge in [0.25, 0.3) is 0 Å². The van der Waals surface area contributed by atoms with Gasteiger partial charge in [-0.2, -0.15) is 0 Å². The molecule has 3 heteroatoms. The summed E-state index contributed by atoms with van der Waals surface area (Å²) in [6.45, 7) is 4.85. The Bertz CT molecular complexity index is 314. The van der Waals surface area contributed by atoms with Crippen molar-refractivity contribution in [1.82, 2.24) is 0 Å². The lowest BCUT2D eigenvalue weighted by Crippen LogP contribution is -2.10. The lowest BCUT2D eigenvalue weighted by molar-refractivity contribution is 0.217. The van der Waals surface area contributed by atoms with Gasteiger partial charge in [0, 0.05) is 4.47 Å². The molecule has 1 aromatic rings. The Balaban J connectivity index is 2.77. The van der Waals surface area contributed by atoms with E-state index in [0.29, 0.717) is 6.54 Å². The van der Waals surface area contributed by atoms with Crippen LogP contribution < -0.4 is 10.5 Å². The van der Waals surface area contributed by atoms with Crippen LogP contribution in [0.1, 0.15) is 25.8 Å². The Kier molecular flexibility index (Phi) is 5.12. The lowest BCUT2D eigenvalue weighted by Gasteiger charge is -2.14. The molecule has 2 N–H and O–H groups in total. The van der Waals surface area contributed by atoms with Gasteiger partial charge < -0.3 is 10.5 Å². The monoisotopic (exact) mass is 271 g/mol. The molecular weight excluding hydrogens is 254 g/mol. The van der Waals surface area contributed by atoms with E-state index in [2.05, 4.69) is 35.8 Å². The van der Waals surface area contributed by atoms with Crippen LogP contribution in [0.2, 0.25) is 0 Å². The zero-order chi connectivity index (χ0) is 11.3. The predicted octanol–water partition coefficient (Wildman–Crippen LogP) is 3.13. The van der Waals surface area contributed by atoms with Crippen molar-refractivity contribution in [3.05, 3.63) is 28.2 Å². The largest absolute Gasteiger partial charge is 0.491 e. The summed E-state index contributed by atoms with van der Waals surface area (Å²) in [5.74, 6) is 0.927. The second kappa shape index (κ2) is 6.13. The van der Waals surface area contributed by atoms with E-state index in [1.54, 1.807) is 0 Å². The van der Waals surface area contributed by atoms with Crippen molar-refractivity contribution in [2.45, 2.75) is 32.8 Å². The fourth-order valence-corrected chi connectivity index (χ4v) is 1.73. The minimum Gasteiger partial charge on any atom is -0.491 e. The van der Waals surface area contributed by atoms with Crippen molar-refractivity contribution in [2.75, 3.05) is 6.54 Å². The molecule has 0 radical (unpaired) electrons. The summed E-state index contributed by atoms with van der Waals surface area (Å²) in [6.07, 6.45) is 2.15. The van der Waals surface area contributed by atoms with Gasteiger partial charge in [0.1, 0.15) is 5.75 Å². The fraction of sp³-hybridized carbons (Fsp3) is 0.500. The van der Waals surface area contributed by atoms with Crippen LogP contribution in [0.5, 0.6) is 5.75 Å². The van der Waals surface area contributed by atoms with E-state index in [-0.39, 0.29) is 6.10 Å². The number of hydrogen-bond donors (Lipinski definition) is 1. The molecule has 0 bridgehead atoms. The Morgan fingerprint density at radius 2 is 2.20 bits per heavy atom. The highest BCUT2D eigenvalue weighted by Gasteiger charge is 2.04. The molecule has 15 heavy (non-hydrogen) atoms. The van der Waals surface area contributed by atoms with Crippen LogP contribution in [0.4, 0.5) is 0 Å². The molecule has 1 rings (SSSR count). The smallest absolute Gasteiger partial charge is 0.120 e. The van der Waals surface area contributed by atoms with Gasteiger partial charge in [0.15, 0.2) is 0 Å². The Hall–Kier alpha value is -0.540. The van der Waals surface area contributed by atoms with Crippen molar-refractivity contribution >= 4 is 15.9 Å². The summed E-state index contributed by atoms with van der Waals surface area (Å²) in [5, 5.41) is 0. The van der Waals surface area contributed by atoms with Crippen LogP contribution >= 0.6 is 15.9 Å². The second-order valence-corrected chi connectivity index (χ2v) is 4.48. The van der Waals surface area contributed by atoms with Gasteiger partial charge in [0.2, 0.25) is 0 Å². The molecule has 1 unspecified atom stereocenters. The Morgan fingerprint density at radius 1 is 1.47 bits per heavy atom. The van der Waals surface area contributed by atoms with Gasteiger partial charge in [-0.1, -0.05) is 22.9 Å². The van der Waals surface area contributed by atoms with Gasteiger partial charge in [-0.3, -0.25) is 0 Å². The van der Waals surface area contributed by atoms with Gasteiger partial charge in [-0.15, -0.1) is 0 Å². The summed E-state index contributed by atoms with van der Waals surface area (Å²) in [4.78, 5) is 0. The molecule has 0 aliphatic heterocycles. The van der Waals surface area contributed by atoms with Crippen LogP contribution in [0, 0.1) is 0 Å². The first-order chi connectivity index (χ1) is 7.17. The molecule has 1 aromatic carbocycles. The summed E-state index contributed by atoms with van der Waals surface area (Å²) >= 11 is 3.50. The first-order valence-corrected chi connectivity index (χ1v) is 6.11. The molecule has 0 saturated carbocycles. The maximum absolute atomic E-state index is 5.74. The SMILES string of the molecule is CCC(C)Oc1ccc(Br)c(CCN)c1. The molecule has 0 saturated heterocycles. The molecule has 2 nitrogen and oxygen atoms in total. The van der Waals surface area contributed by atoms with E-state index in [0.717, 1.165) is 23.1 Å². The van der Waals surface area contributed by atoms with E-state index in [4.69, 9.17) is 10.5 Å². The van der Waals surface area contributed by atoms with Gasteiger partial charge in [-0.05, 0) is 50.1 Å². The molecule has 0 aliphatic rings. The van der Waals surface area contributed by atoms with Gasteiger partial charge in [0.05, 0.1) is 6.10 Å². The number of benzene rings is 1. The molecule has 0 aromatic heterocycles. The van der Waals surface area contributed by atoms with Crippen molar-refractivity contribution in [2.24, 2.45) is 5.73 Å². The highest BCUT2D eigenvalue weighted by molar-refractivity contribution is 9.10. The first kappa shape index (κ1) is 12.5. The van der Waals surface area contributed by atoms with Crippen LogP contribution in [-0.4, -0.2) is 12.6 Å². The number of hydrogen-bond acceptors (Lipinski definition) is 2. The molecule has 0 spiro atoms. The molecule has 0 amide bonds. The van der Waals surface area contributed by atoms with E-state index in [1.807, 2.05) is 12.1 Å². The molecule has 0 aliphatic carbocycles. The van der Waals surface area contributed by atoms with Crippen molar-refractivity contribution < 1.29 is 4.74 Å². The first-order valence-electron chi connectivity index (χ1n) is 5.32. The van der Waals surface area contributed by atoms with Crippen LogP contribution in [0.25, 0.3) is 0 Å². The van der Waals surface area contributed by atoms with E-state index in [9.17, 15) is 0 Å². The number of rotatable bonds is 5.